The van der Waals surface area contributed by atoms with Crippen LogP contribution >= 0.6 is 0 Å². The Morgan fingerprint density at radius 3 is 2.52 bits per heavy atom. The standard InChI is InChI=1S/C19H26N2O2/c1-12(2)9-14-10-16(15-7-5-6-8-17(15)20-14)19(23)21-18(11-22)13(3)4/h5-8,10,12-13,18,22H,9,11H2,1-4H3,(H,21,23). The second-order valence-corrected chi connectivity index (χ2v) is 6.78. The number of para-hydroxylation sites is 1. The van der Waals surface area contributed by atoms with Crippen LogP contribution in [0.1, 0.15) is 43.7 Å². The number of carbonyl (C=O) groups excluding carboxylic acids is 1. The molecule has 0 fully saturated rings. The molecule has 0 aliphatic rings. The number of carbonyl (C=O) groups is 1. The minimum Gasteiger partial charge on any atom is -0.394 e. The highest BCUT2D eigenvalue weighted by atomic mass is 16.3. The van der Waals surface area contributed by atoms with Crippen molar-refractivity contribution in [3.63, 3.8) is 0 Å². The third-order valence-electron chi connectivity index (χ3n) is 3.95. The first-order chi connectivity index (χ1) is 10.9. The molecule has 1 atom stereocenters. The molecule has 0 saturated heterocycles. The number of rotatable bonds is 6. The molecule has 2 N–H and O–H groups in total. The summed E-state index contributed by atoms with van der Waals surface area (Å²) >= 11 is 0. The molecule has 1 heterocycles. The van der Waals surface area contributed by atoms with Gasteiger partial charge in [0.15, 0.2) is 0 Å². The number of nitrogens with one attached hydrogen (secondary N) is 1. The molecule has 0 radical (unpaired) electrons. The fraction of sp³-hybridized carbons (Fsp3) is 0.474. The predicted molar refractivity (Wildman–Crippen MR) is 93.5 cm³/mol. The van der Waals surface area contributed by atoms with Gasteiger partial charge < -0.3 is 10.4 Å². The monoisotopic (exact) mass is 314 g/mol. The number of nitrogens with zero attached hydrogens (tertiary/aromatic N) is 1. The Hall–Kier alpha value is -1.94. The molecule has 23 heavy (non-hydrogen) atoms. The lowest BCUT2D eigenvalue weighted by molar-refractivity contribution is 0.0898. The van der Waals surface area contributed by atoms with Crippen LogP contribution in [0.5, 0.6) is 0 Å². The van der Waals surface area contributed by atoms with Crippen LogP contribution in [0.15, 0.2) is 30.3 Å². The summed E-state index contributed by atoms with van der Waals surface area (Å²) in [7, 11) is 0. The van der Waals surface area contributed by atoms with Gasteiger partial charge in [0.1, 0.15) is 0 Å². The molecule has 1 amide bonds. The molecule has 1 aromatic carbocycles. The van der Waals surface area contributed by atoms with Gasteiger partial charge in [0.25, 0.3) is 5.91 Å². The van der Waals surface area contributed by atoms with E-state index in [1.165, 1.54) is 0 Å². The summed E-state index contributed by atoms with van der Waals surface area (Å²) in [4.78, 5) is 17.4. The van der Waals surface area contributed by atoms with Crippen molar-refractivity contribution < 1.29 is 9.90 Å². The summed E-state index contributed by atoms with van der Waals surface area (Å²) in [6, 6.07) is 9.33. The van der Waals surface area contributed by atoms with Crippen LogP contribution in [0.3, 0.4) is 0 Å². The van der Waals surface area contributed by atoms with Gasteiger partial charge in [-0.3, -0.25) is 9.78 Å². The normalized spacial score (nSPS) is 12.8. The van der Waals surface area contributed by atoms with Gasteiger partial charge in [-0.25, -0.2) is 0 Å². The van der Waals surface area contributed by atoms with Crippen LogP contribution in [-0.2, 0) is 6.42 Å². The molecule has 0 saturated carbocycles. The summed E-state index contributed by atoms with van der Waals surface area (Å²) in [5.41, 5.74) is 2.39. The minimum absolute atomic E-state index is 0.0642. The number of aliphatic hydroxyl groups is 1. The number of aromatic nitrogens is 1. The highest BCUT2D eigenvalue weighted by Crippen LogP contribution is 2.20. The van der Waals surface area contributed by atoms with Crippen molar-refractivity contribution in [2.45, 2.75) is 40.2 Å². The number of fused-ring (bicyclic) bond motifs is 1. The lowest BCUT2D eigenvalue weighted by atomic mass is 10.0. The van der Waals surface area contributed by atoms with E-state index in [1.807, 2.05) is 44.2 Å². The van der Waals surface area contributed by atoms with Crippen molar-refractivity contribution in [2.24, 2.45) is 11.8 Å². The first-order valence-corrected chi connectivity index (χ1v) is 8.22. The third kappa shape index (κ3) is 4.29. The van der Waals surface area contributed by atoms with Crippen LogP contribution in [0.25, 0.3) is 10.9 Å². The first kappa shape index (κ1) is 17.4. The summed E-state index contributed by atoms with van der Waals surface area (Å²) in [6.45, 7) is 8.17. The average Bonchev–Trinajstić information content (AvgIpc) is 2.50. The van der Waals surface area contributed by atoms with Crippen LogP contribution < -0.4 is 5.32 Å². The average molecular weight is 314 g/mol. The maximum Gasteiger partial charge on any atom is 0.252 e. The van der Waals surface area contributed by atoms with Gasteiger partial charge >= 0.3 is 0 Å². The van der Waals surface area contributed by atoms with Gasteiger partial charge in [-0.2, -0.15) is 0 Å². The van der Waals surface area contributed by atoms with Crippen LogP contribution in [0.4, 0.5) is 0 Å². The van der Waals surface area contributed by atoms with Gasteiger partial charge in [0.05, 0.1) is 23.7 Å². The van der Waals surface area contributed by atoms with E-state index in [4.69, 9.17) is 0 Å². The maximum absolute atomic E-state index is 12.7. The van der Waals surface area contributed by atoms with Crippen LogP contribution in [-0.4, -0.2) is 28.6 Å². The van der Waals surface area contributed by atoms with Crippen molar-refractivity contribution in [3.8, 4) is 0 Å². The van der Waals surface area contributed by atoms with Crippen LogP contribution in [0, 0.1) is 11.8 Å². The Morgan fingerprint density at radius 1 is 1.22 bits per heavy atom. The Kier molecular flexibility index (Phi) is 5.72. The number of benzene rings is 1. The fourth-order valence-electron chi connectivity index (χ4n) is 2.61. The molecule has 0 aliphatic carbocycles. The zero-order valence-corrected chi connectivity index (χ0v) is 14.3. The van der Waals surface area contributed by atoms with E-state index in [2.05, 4.69) is 24.1 Å². The van der Waals surface area contributed by atoms with E-state index in [1.54, 1.807) is 0 Å². The SMILES string of the molecule is CC(C)Cc1cc(C(=O)NC(CO)C(C)C)c2ccccc2n1. The second-order valence-electron chi connectivity index (χ2n) is 6.78. The maximum atomic E-state index is 12.7. The first-order valence-electron chi connectivity index (χ1n) is 8.22. The summed E-state index contributed by atoms with van der Waals surface area (Å²) < 4.78 is 0. The zero-order chi connectivity index (χ0) is 17.0. The molecule has 124 valence electrons. The highest BCUT2D eigenvalue weighted by Gasteiger charge is 2.19. The molecule has 1 aromatic heterocycles. The third-order valence-corrected chi connectivity index (χ3v) is 3.95. The van der Waals surface area contributed by atoms with E-state index in [-0.39, 0.29) is 24.5 Å². The largest absolute Gasteiger partial charge is 0.394 e. The van der Waals surface area contributed by atoms with E-state index in [9.17, 15) is 9.90 Å². The van der Waals surface area contributed by atoms with E-state index >= 15 is 0 Å². The Bertz CT molecular complexity index is 680. The number of aliphatic hydroxyl groups excluding tert-OH is 1. The molecular formula is C19H26N2O2. The Morgan fingerprint density at radius 2 is 1.91 bits per heavy atom. The lowest BCUT2D eigenvalue weighted by Gasteiger charge is -2.20. The Balaban J connectivity index is 2.42. The number of hydrogen-bond donors (Lipinski definition) is 2. The molecule has 4 nitrogen and oxygen atoms in total. The lowest BCUT2D eigenvalue weighted by Crippen LogP contribution is -2.41. The molecule has 1 unspecified atom stereocenters. The van der Waals surface area contributed by atoms with Crippen molar-refractivity contribution in [1.29, 1.82) is 0 Å². The summed E-state index contributed by atoms with van der Waals surface area (Å²) in [5, 5.41) is 13.2. The van der Waals surface area contributed by atoms with Crippen molar-refractivity contribution in [2.75, 3.05) is 6.61 Å². The Labute approximate surface area is 137 Å². The highest BCUT2D eigenvalue weighted by molar-refractivity contribution is 6.06. The van der Waals surface area contributed by atoms with Crippen molar-refractivity contribution in [1.82, 2.24) is 10.3 Å². The van der Waals surface area contributed by atoms with Crippen molar-refractivity contribution in [3.05, 3.63) is 41.6 Å². The molecule has 0 spiro atoms. The molecule has 2 rings (SSSR count). The molecule has 0 bridgehead atoms. The number of amides is 1. The van der Waals surface area contributed by atoms with E-state index in [0.717, 1.165) is 23.0 Å². The molecule has 4 heteroatoms. The van der Waals surface area contributed by atoms with E-state index in [0.29, 0.717) is 11.5 Å². The van der Waals surface area contributed by atoms with Gasteiger partial charge in [-0.05, 0) is 30.4 Å². The van der Waals surface area contributed by atoms with Gasteiger partial charge in [0.2, 0.25) is 0 Å². The van der Waals surface area contributed by atoms with Gasteiger partial charge in [-0.1, -0.05) is 45.9 Å². The second kappa shape index (κ2) is 7.55. The number of hydrogen-bond acceptors (Lipinski definition) is 3. The molecule has 2 aromatic rings. The number of pyridine rings is 1. The van der Waals surface area contributed by atoms with Gasteiger partial charge in [0, 0.05) is 11.1 Å². The summed E-state index contributed by atoms with van der Waals surface area (Å²) in [5.74, 6) is 0.494. The van der Waals surface area contributed by atoms with Gasteiger partial charge in [-0.15, -0.1) is 0 Å². The fourth-order valence-corrected chi connectivity index (χ4v) is 2.61. The zero-order valence-electron chi connectivity index (χ0n) is 14.3. The molecular weight excluding hydrogens is 288 g/mol. The van der Waals surface area contributed by atoms with Crippen LogP contribution in [0.2, 0.25) is 0 Å². The quantitative estimate of drug-likeness (QED) is 0.861. The summed E-state index contributed by atoms with van der Waals surface area (Å²) in [6.07, 6.45) is 0.832. The predicted octanol–water partition coefficient (Wildman–Crippen LogP) is 3.18. The van der Waals surface area contributed by atoms with Crippen molar-refractivity contribution >= 4 is 16.8 Å². The topological polar surface area (TPSA) is 62.2 Å². The van der Waals surface area contributed by atoms with E-state index < -0.39 is 0 Å². The molecule has 0 aliphatic heterocycles. The minimum atomic E-state index is -0.247. The smallest absolute Gasteiger partial charge is 0.252 e.